The van der Waals surface area contributed by atoms with E-state index in [1.165, 1.54) is 24.3 Å². The molecule has 0 heterocycles. The molecule has 5 nitrogen and oxygen atoms in total. The van der Waals surface area contributed by atoms with Crippen molar-refractivity contribution in [1.29, 1.82) is 0 Å². The van der Waals surface area contributed by atoms with Gasteiger partial charge in [0, 0.05) is 23.4 Å². The summed E-state index contributed by atoms with van der Waals surface area (Å²) in [7, 11) is 0. The van der Waals surface area contributed by atoms with Crippen molar-refractivity contribution in [2.24, 2.45) is 0 Å². The summed E-state index contributed by atoms with van der Waals surface area (Å²) in [5.41, 5.74) is 1.73. The van der Waals surface area contributed by atoms with Crippen LogP contribution in [0.5, 0.6) is 0 Å². The van der Waals surface area contributed by atoms with Crippen LogP contribution in [0.1, 0.15) is 28.2 Å². The molecule has 21 heavy (non-hydrogen) atoms. The van der Waals surface area contributed by atoms with Crippen molar-refractivity contribution in [1.82, 2.24) is 0 Å². The second-order valence-electron chi connectivity index (χ2n) is 4.46. The van der Waals surface area contributed by atoms with E-state index in [0.29, 0.717) is 11.3 Å². The van der Waals surface area contributed by atoms with Gasteiger partial charge in [0.1, 0.15) is 0 Å². The maximum atomic E-state index is 12.1. The lowest BCUT2D eigenvalue weighted by molar-refractivity contribution is -0.384. The number of benzene rings is 2. The Hall–Kier alpha value is -2.40. The Morgan fingerprint density at radius 1 is 1.19 bits per heavy atom. The van der Waals surface area contributed by atoms with Gasteiger partial charge in [-0.2, -0.15) is 0 Å². The third kappa shape index (κ3) is 3.58. The normalized spacial score (nSPS) is 11.7. The van der Waals surface area contributed by atoms with Gasteiger partial charge < -0.3 is 5.32 Å². The van der Waals surface area contributed by atoms with Crippen LogP contribution in [0, 0.1) is 10.1 Å². The van der Waals surface area contributed by atoms with Gasteiger partial charge in [-0.15, -0.1) is 11.6 Å². The minimum absolute atomic E-state index is 0.0543. The Balaban J connectivity index is 2.20. The summed E-state index contributed by atoms with van der Waals surface area (Å²) >= 11 is 6.07. The first kappa shape index (κ1) is 15.0. The Kier molecular flexibility index (Phi) is 4.55. The summed E-state index contributed by atoms with van der Waals surface area (Å²) in [6, 6.07) is 12.7. The van der Waals surface area contributed by atoms with Gasteiger partial charge in [-0.25, -0.2) is 0 Å². The van der Waals surface area contributed by atoms with Crippen LogP contribution < -0.4 is 5.32 Å². The predicted octanol–water partition coefficient (Wildman–Crippen LogP) is 4.15. The van der Waals surface area contributed by atoms with Gasteiger partial charge in [0.2, 0.25) is 0 Å². The van der Waals surface area contributed by atoms with E-state index in [9.17, 15) is 14.9 Å². The lowest BCUT2D eigenvalue weighted by Crippen LogP contribution is -2.13. The van der Waals surface area contributed by atoms with E-state index in [-0.39, 0.29) is 17.0 Å². The number of para-hydroxylation sites is 1. The van der Waals surface area contributed by atoms with Crippen LogP contribution in [-0.2, 0) is 0 Å². The molecule has 0 bridgehead atoms. The molecule has 1 unspecified atom stereocenters. The molecule has 0 fully saturated rings. The molecule has 2 rings (SSSR count). The molecule has 0 saturated heterocycles. The highest BCUT2D eigenvalue weighted by molar-refractivity contribution is 6.21. The average Bonchev–Trinajstić information content (AvgIpc) is 2.47. The number of nitrogens with one attached hydrogen (secondary N) is 1. The molecule has 1 N–H and O–H groups in total. The summed E-state index contributed by atoms with van der Waals surface area (Å²) in [6.45, 7) is 1.82. The molecule has 2 aromatic rings. The molecule has 0 aliphatic heterocycles. The summed E-state index contributed by atoms with van der Waals surface area (Å²) < 4.78 is 0. The molecule has 1 atom stereocenters. The van der Waals surface area contributed by atoms with Crippen LogP contribution in [0.15, 0.2) is 48.5 Å². The number of nitro benzene ring substituents is 1. The van der Waals surface area contributed by atoms with Gasteiger partial charge in [-0.1, -0.05) is 18.2 Å². The highest BCUT2D eigenvalue weighted by Crippen LogP contribution is 2.27. The monoisotopic (exact) mass is 304 g/mol. The first-order valence-electron chi connectivity index (χ1n) is 6.28. The first-order chi connectivity index (χ1) is 9.99. The molecule has 6 heteroatoms. The molecule has 1 amide bonds. The fourth-order valence-electron chi connectivity index (χ4n) is 1.89. The van der Waals surface area contributed by atoms with Crippen LogP contribution in [0.2, 0.25) is 0 Å². The Morgan fingerprint density at radius 3 is 2.38 bits per heavy atom. The molecular weight excluding hydrogens is 292 g/mol. The summed E-state index contributed by atoms with van der Waals surface area (Å²) in [5, 5.41) is 13.1. The van der Waals surface area contributed by atoms with Gasteiger partial charge in [0.15, 0.2) is 0 Å². The Bertz CT molecular complexity index is 669. The van der Waals surface area contributed by atoms with Crippen LogP contribution in [0.4, 0.5) is 11.4 Å². The van der Waals surface area contributed by atoms with Crippen molar-refractivity contribution in [2.75, 3.05) is 5.32 Å². The molecule has 0 aliphatic rings. The maximum Gasteiger partial charge on any atom is 0.269 e. The van der Waals surface area contributed by atoms with Gasteiger partial charge in [-0.05, 0) is 30.7 Å². The average molecular weight is 305 g/mol. The number of non-ortho nitro benzene ring substituents is 1. The standard InChI is InChI=1S/C15H13ClN2O3/c1-10(16)13-4-2-3-5-14(13)17-15(19)11-6-8-12(9-7-11)18(20)21/h2-10H,1H3,(H,17,19). The number of halogens is 1. The van der Waals surface area contributed by atoms with Crippen molar-refractivity contribution in [3.63, 3.8) is 0 Å². The van der Waals surface area contributed by atoms with Crippen LogP contribution >= 0.6 is 11.6 Å². The number of alkyl halides is 1. The molecule has 108 valence electrons. The first-order valence-corrected chi connectivity index (χ1v) is 6.71. The molecule has 0 radical (unpaired) electrons. The molecule has 2 aromatic carbocycles. The van der Waals surface area contributed by atoms with Gasteiger partial charge in [0.25, 0.3) is 11.6 Å². The number of rotatable bonds is 4. The van der Waals surface area contributed by atoms with Crippen molar-refractivity contribution in [3.8, 4) is 0 Å². The Labute approximate surface area is 126 Å². The molecule has 0 saturated carbocycles. The van der Waals surface area contributed by atoms with E-state index < -0.39 is 4.92 Å². The molecule has 0 aromatic heterocycles. The predicted molar refractivity (Wildman–Crippen MR) is 81.8 cm³/mol. The van der Waals surface area contributed by atoms with Crippen molar-refractivity contribution in [2.45, 2.75) is 12.3 Å². The SMILES string of the molecule is CC(Cl)c1ccccc1NC(=O)c1ccc([N+](=O)[O-])cc1. The second-order valence-corrected chi connectivity index (χ2v) is 5.12. The number of amides is 1. The van der Waals surface area contributed by atoms with Gasteiger partial charge in [-0.3, -0.25) is 14.9 Å². The fraction of sp³-hybridized carbons (Fsp3) is 0.133. The number of nitro groups is 1. The van der Waals surface area contributed by atoms with E-state index >= 15 is 0 Å². The van der Waals surface area contributed by atoms with Crippen molar-refractivity contribution >= 4 is 28.9 Å². The van der Waals surface area contributed by atoms with E-state index in [1.807, 2.05) is 19.1 Å². The van der Waals surface area contributed by atoms with E-state index in [0.717, 1.165) is 5.56 Å². The number of hydrogen-bond donors (Lipinski definition) is 1. The number of hydrogen-bond acceptors (Lipinski definition) is 3. The number of carbonyl (C=O) groups excluding carboxylic acids is 1. The maximum absolute atomic E-state index is 12.1. The van der Waals surface area contributed by atoms with Gasteiger partial charge >= 0.3 is 0 Å². The second kappa shape index (κ2) is 6.37. The minimum Gasteiger partial charge on any atom is -0.322 e. The smallest absolute Gasteiger partial charge is 0.269 e. The molecule has 0 aliphatic carbocycles. The van der Waals surface area contributed by atoms with Gasteiger partial charge in [0.05, 0.1) is 10.3 Å². The summed E-state index contributed by atoms with van der Waals surface area (Å²) in [6.07, 6.45) is 0. The van der Waals surface area contributed by atoms with Crippen molar-refractivity contribution < 1.29 is 9.72 Å². The Morgan fingerprint density at radius 2 is 1.81 bits per heavy atom. The third-order valence-electron chi connectivity index (χ3n) is 2.98. The lowest BCUT2D eigenvalue weighted by Gasteiger charge is -2.12. The number of nitrogens with zero attached hydrogens (tertiary/aromatic N) is 1. The minimum atomic E-state index is -0.508. The number of anilines is 1. The van der Waals surface area contributed by atoms with E-state index in [4.69, 9.17) is 11.6 Å². The number of carbonyl (C=O) groups is 1. The summed E-state index contributed by atoms with van der Waals surface area (Å²) in [4.78, 5) is 22.2. The van der Waals surface area contributed by atoms with E-state index in [1.54, 1.807) is 12.1 Å². The van der Waals surface area contributed by atoms with Crippen molar-refractivity contribution in [3.05, 3.63) is 69.8 Å². The quantitative estimate of drug-likeness (QED) is 0.524. The molecular formula is C15H13ClN2O3. The lowest BCUT2D eigenvalue weighted by atomic mass is 10.1. The van der Waals surface area contributed by atoms with E-state index in [2.05, 4.69) is 5.32 Å². The largest absolute Gasteiger partial charge is 0.322 e. The fourth-order valence-corrected chi connectivity index (χ4v) is 2.08. The highest BCUT2D eigenvalue weighted by Gasteiger charge is 2.13. The zero-order valence-electron chi connectivity index (χ0n) is 11.2. The zero-order valence-corrected chi connectivity index (χ0v) is 12.0. The van der Waals surface area contributed by atoms with Crippen LogP contribution in [-0.4, -0.2) is 10.8 Å². The zero-order chi connectivity index (χ0) is 15.4. The topological polar surface area (TPSA) is 72.2 Å². The third-order valence-corrected chi connectivity index (χ3v) is 3.21. The van der Waals surface area contributed by atoms with Crippen LogP contribution in [0.25, 0.3) is 0 Å². The highest BCUT2D eigenvalue weighted by atomic mass is 35.5. The summed E-state index contributed by atoms with van der Waals surface area (Å²) in [5.74, 6) is -0.338. The van der Waals surface area contributed by atoms with Crippen LogP contribution in [0.3, 0.4) is 0 Å². The molecule has 0 spiro atoms.